The molecule has 0 aromatic heterocycles. The van der Waals surface area contributed by atoms with Gasteiger partial charge in [-0.25, -0.2) is 0 Å². The predicted molar refractivity (Wildman–Crippen MR) is 65.9 cm³/mol. The maximum absolute atomic E-state index is 8.80. The Morgan fingerprint density at radius 3 is 2.69 bits per heavy atom. The van der Waals surface area contributed by atoms with Crippen molar-refractivity contribution >= 4 is 0 Å². The summed E-state index contributed by atoms with van der Waals surface area (Å²) in [5.41, 5.74) is 0.366. The molecule has 0 heterocycles. The van der Waals surface area contributed by atoms with E-state index in [1.54, 1.807) is 0 Å². The second kappa shape index (κ2) is 5.19. The standard InChI is InChI=1S/C14H24N2/c1-2-12-5-3-4-6-13(12)16-11-14(7-8-14)9-10-15/h12-13,16H,2-9,11H2,1H3. The van der Waals surface area contributed by atoms with Gasteiger partial charge in [0.1, 0.15) is 0 Å². The fourth-order valence-corrected chi connectivity index (χ4v) is 3.07. The molecule has 0 bridgehead atoms. The van der Waals surface area contributed by atoms with Gasteiger partial charge in [-0.15, -0.1) is 0 Å². The number of hydrogen-bond donors (Lipinski definition) is 1. The van der Waals surface area contributed by atoms with Crippen molar-refractivity contribution in [3.63, 3.8) is 0 Å². The molecule has 2 aliphatic carbocycles. The summed E-state index contributed by atoms with van der Waals surface area (Å²) < 4.78 is 0. The lowest BCUT2D eigenvalue weighted by Gasteiger charge is -2.32. The van der Waals surface area contributed by atoms with E-state index in [4.69, 9.17) is 5.26 Å². The predicted octanol–water partition coefficient (Wildman–Crippen LogP) is 3.24. The van der Waals surface area contributed by atoms with Crippen molar-refractivity contribution in [3.05, 3.63) is 0 Å². The highest BCUT2D eigenvalue weighted by Gasteiger charge is 2.42. The minimum Gasteiger partial charge on any atom is -0.313 e. The van der Waals surface area contributed by atoms with Crippen molar-refractivity contribution < 1.29 is 0 Å². The molecule has 1 N–H and O–H groups in total. The summed E-state index contributed by atoms with van der Waals surface area (Å²) in [6.07, 6.45) is 10.1. The third kappa shape index (κ3) is 2.77. The molecule has 2 unspecified atom stereocenters. The first-order valence-electron chi connectivity index (χ1n) is 6.90. The Morgan fingerprint density at radius 2 is 2.06 bits per heavy atom. The molecule has 2 rings (SSSR count). The summed E-state index contributed by atoms with van der Waals surface area (Å²) in [5.74, 6) is 0.881. The molecule has 16 heavy (non-hydrogen) atoms. The molecule has 0 saturated heterocycles. The van der Waals surface area contributed by atoms with Crippen LogP contribution in [0.4, 0.5) is 0 Å². The lowest BCUT2D eigenvalue weighted by molar-refractivity contribution is 0.242. The summed E-state index contributed by atoms with van der Waals surface area (Å²) in [5, 5.41) is 12.6. The average Bonchev–Trinajstić information content (AvgIpc) is 3.08. The summed E-state index contributed by atoms with van der Waals surface area (Å²) in [4.78, 5) is 0. The topological polar surface area (TPSA) is 35.8 Å². The molecule has 0 aliphatic heterocycles. The molecular weight excluding hydrogens is 196 g/mol. The molecular formula is C14H24N2. The molecule has 2 fully saturated rings. The van der Waals surface area contributed by atoms with E-state index in [0.717, 1.165) is 24.9 Å². The quantitative estimate of drug-likeness (QED) is 0.772. The Morgan fingerprint density at radius 1 is 1.31 bits per heavy atom. The van der Waals surface area contributed by atoms with E-state index in [0.29, 0.717) is 5.41 Å². The molecule has 0 spiro atoms. The van der Waals surface area contributed by atoms with Crippen molar-refractivity contribution in [1.29, 1.82) is 5.26 Å². The van der Waals surface area contributed by atoms with E-state index < -0.39 is 0 Å². The molecule has 0 radical (unpaired) electrons. The van der Waals surface area contributed by atoms with Gasteiger partial charge in [0.05, 0.1) is 6.07 Å². The summed E-state index contributed by atoms with van der Waals surface area (Å²) >= 11 is 0. The second-order valence-corrected chi connectivity index (χ2v) is 5.78. The normalized spacial score (nSPS) is 32.0. The Labute approximate surface area is 99.4 Å². The maximum atomic E-state index is 8.80. The molecule has 0 amide bonds. The van der Waals surface area contributed by atoms with Gasteiger partial charge in [0.25, 0.3) is 0 Å². The highest BCUT2D eigenvalue weighted by molar-refractivity contribution is 5.01. The third-order valence-corrected chi connectivity index (χ3v) is 4.58. The van der Waals surface area contributed by atoms with Crippen molar-refractivity contribution in [2.75, 3.05) is 6.54 Å². The Hall–Kier alpha value is -0.550. The van der Waals surface area contributed by atoms with E-state index in [1.165, 1.54) is 44.9 Å². The summed E-state index contributed by atoms with van der Waals surface area (Å²) in [6.45, 7) is 3.40. The Balaban J connectivity index is 1.78. The van der Waals surface area contributed by atoms with E-state index in [1.807, 2.05) is 0 Å². The molecule has 0 aromatic carbocycles. The Kier molecular flexibility index (Phi) is 3.86. The van der Waals surface area contributed by atoms with Crippen molar-refractivity contribution in [2.45, 2.75) is 64.3 Å². The van der Waals surface area contributed by atoms with Crippen LogP contribution in [0, 0.1) is 22.7 Å². The monoisotopic (exact) mass is 220 g/mol. The minimum absolute atomic E-state index is 0.366. The van der Waals surface area contributed by atoms with Gasteiger partial charge in [0, 0.05) is 19.0 Å². The third-order valence-electron chi connectivity index (χ3n) is 4.58. The van der Waals surface area contributed by atoms with Gasteiger partial charge in [-0.05, 0) is 37.0 Å². The molecule has 90 valence electrons. The van der Waals surface area contributed by atoms with Crippen LogP contribution in [-0.2, 0) is 0 Å². The first-order valence-corrected chi connectivity index (χ1v) is 6.90. The van der Waals surface area contributed by atoms with E-state index in [2.05, 4.69) is 18.3 Å². The van der Waals surface area contributed by atoms with Crippen LogP contribution in [0.15, 0.2) is 0 Å². The molecule has 2 saturated carbocycles. The van der Waals surface area contributed by atoms with Gasteiger partial charge in [-0.2, -0.15) is 5.26 Å². The first kappa shape index (κ1) is 11.9. The van der Waals surface area contributed by atoms with Gasteiger partial charge >= 0.3 is 0 Å². The van der Waals surface area contributed by atoms with Crippen LogP contribution in [-0.4, -0.2) is 12.6 Å². The number of hydrogen-bond acceptors (Lipinski definition) is 2. The first-order chi connectivity index (χ1) is 7.79. The van der Waals surface area contributed by atoms with Crippen molar-refractivity contribution in [3.8, 4) is 6.07 Å². The zero-order valence-corrected chi connectivity index (χ0v) is 10.5. The molecule has 2 atom stereocenters. The van der Waals surface area contributed by atoms with Crippen LogP contribution < -0.4 is 5.32 Å². The summed E-state index contributed by atoms with van der Waals surface area (Å²) in [7, 11) is 0. The van der Waals surface area contributed by atoms with Gasteiger partial charge in [-0.3, -0.25) is 0 Å². The minimum atomic E-state index is 0.366. The van der Waals surface area contributed by atoms with Gasteiger partial charge in [0.15, 0.2) is 0 Å². The highest BCUT2D eigenvalue weighted by Crippen LogP contribution is 2.48. The van der Waals surface area contributed by atoms with Crippen LogP contribution in [0.1, 0.15) is 58.3 Å². The smallest absolute Gasteiger partial charge is 0.0628 e. The number of nitriles is 1. The van der Waals surface area contributed by atoms with Crippen LogP contribution in [0.5, 0.6) is 0 Å². The van der Waals surface area contributed by atoms with Gasteiger partial charge in [-0.1, -0.05) is 26.2 Å². The molecule has 2 aliphatic rings. The van der Waals surface area contributed by atoms with Gasteiger partial charge < -0.3 is 5.32 Å². The van der Waals surface area contributed by atoms with Crippen molar-refractivity contribution in [1.82, 2.24) is 5.32 Å². The van der Waals surface area contributed by atoms with E-state index in [-0.39, 0.29) is 0 Å². The highest BCUT2D eigenvalue weighted by atomic mass is 14.9. The Bertz CT molecular complexity index is 262. The lowest BCUT2D eigenvalue weighted by atomic mass is 9.82. The zero-order chi connectivity index (χ0) is 11.4. The van der Waals surface area contributed by atoms with Crippen LogP contribution in [0.25, 0.3) is 0 Å². The molecule has 0 aromatic rings. The van der Waals surface area contributed by atoms with Crippen LogP contribution in [0.2, 0.25) is 0 Å². The lowest BCUT2D eigenvalue weighted by Crippen LogP contribution is -2.41. The maximum Gasteiger partial charge on any atom is 0.0628 e. The van der Waals surface area contributed by atoms with Crippen LogP contribution >= 0.6 is 0 Å². The molecule has 2 nitrogen and oxygen atoms in total. The van der Waals surface area contributed by atoms with Crippen molar-refractivity contribution in [2.24, 2.45) is 11.3 Å². The average molecular weight is 220 g/mol. The van der Waals surface area contributed by atoms with Gasteiger partial charge in [0.2, 0.25) is 0 Å². The van der Waals surface area contributed by atoms with E-state index in [9.17, 15) is 0 Å². The number of nitrogens with zero attached hydrogens (tertiary/aromatic N) is 1. The fraction of sp³-hybridized carbons (Fsp3) is 0.929. The number of rotatable bonds is 5. The number of nitrogens with one attached hydrogen (secondary N) is 1. The summed E-state index contributed by atoms with van der Waals surface area (Å²) in [6, 6.07) is 3.07. The fourth-order valence-electron chi connectivity index (χ4n) is 3.07. The second-order valence-electron chi connectivity index (χ2n) is 5.78. The SMILES string of the molecule is CCC1CCCCC1NCC1(CC#N)CC1. The largest absolute Gasteiger partial charge is 0.313 e. The van der Waals surface area contributed by atoms with Crippen LogP contribution in [0.3, 0.4) is 0 Å². The molecule has 2 heteroatoms. The van der Waals surface area contributed by atoms with E-state index >= 15 is 0 Å². The zero-order valence-electron chi connectivity index (χ0n) is 10.5.